The number of H-pyrrole nitrogens is 1. The van der Waals surface area contributed by atoms with E-state index in [4.69, 9.17) is 4.74 Å². The zero-order valence-corrected chi connectivity index (χ0v) is 12.0. The number of nitrogens with zero attached hydrogens (tertiary/aromatic N) is 1. The minimum atomic E-state index is -0.532. The lowest BCUT2D eigenvalue weighted by molar-refractivity contribution is -0.0313. The van der Waals surface area contributed by atoms with Gasteiger partial charge in [-0.05, 0) is 19.4 Å². The van der Waals surface area contributed by atoms with E-state index in [1.54, 1.807) is 7.05 Å². The molecule has 7 nitrogen and oxygen atoms in total. The van der Waals surface area contributed by atoms with Crippen molar-refractivity contribution in [2.75, 3.05) is 20.2 Å². The summed E-state index contributed by atoms with van der Waals surface area (Å²) in [5.41, 5.74) is -0.826. The van der Waals surface area contributed by atoms with Crippen LogP contribution in [-0.4, -0.2) is 41.0 Å². The number of ether oxygens (including phenoxy) is 1. The van der Waals surface area contributed by atoms with Crippen LogP contribution in [0.3, 0.4) is 0 Å². The second-order valence-electron chi connectivity index (χ2n) is 5.07. The third kappa shape index (κ3) is 3.42. The predicted octanol–water partition coefficient (Wildman–Crippen LogP) is -0.977. The molecule has 1 aromatic heterocycles. The molecule has 0 saturated carbocycles. The molecule has 3 N–H and O–H groups in total. The minimum Gasteiger partial charge on any atom is -0.394 e. The molecule has 3 atom stereocenters. The summed E-state index contributed by atoms with van der Waals surface area (Å²) in [5.74, 6) is 5.64. The lowest BCUT2D eigenvalue weighted by Gasteiger charge is -2.14. The molecule has 1 aromatic rings. The van der Waals surface area contributed by atoms with Crippen LogP contribution in [0.25, 0.3) is 0 Å². The molecule has 1 unspecified atom stereocenters. The van der Waals surface area contributed by atoms with E-state index in [0.29, 0.717) is 13.0 Å². The Morgan fingerprint density at radius 1 is 1.57 bits per heavy atom. The van der Waals surface area contributed by atoms with E-state index in [1.807, 2.05) is 6.92 Å². The number of aliphatic hydroxyl groups is 1. The van der Waals surface area contributed by atoms with Crippen LogP contribution in [0, 0.1) is 17.8 Å². The van der Waals surface area contributed by atoms with Gasteiger partial charge < -0.3 is 15.2 Å². The van der Waals surface area contributed by atoms with E-state index in [9.17, 15) is 14.7 Å². The van der Waals surface area contributed by atoms with Crippen molar-refractivity contribution in [3.8, 4) is 11.8 Å². The van der Waals surface area contributed by atoms with Gasteiger partial charge in [0, 0.05) is 6.20 Å². The Labute approximate surface area is 122 Å². The molecule has 7 heteroatoms. The lowest BCUT2D eigenvalue weighted by Crippen LogP contribution is -2.33. The highest BCUT2D eigenvalue weighted by Crippen LogP contribution is 2.31. The predicted molar refractivity (Wildman–Crippen MR) is 76.9 cm³/mol. The Morgan fingerprint density at radius 2 is 2.33 bits per heavy atom. The summed E-state index contributed by atoms with van der Waals surface area (Å²) in [6.45, 7) is 2.30. The molecule has 0 bridgehead atoms. The molecule has 1 aliphatic rings. The maximum Gasteiger partial charge on any atom is 0.330 e. The summed E-state index contributed by atoms with van der Waals surface area (Å²) in [5, 5.41) is 12.1. The summed E-state index contributed by atoms with van der Waals surface area (Å²) in [6.07, 6.45) is 1.22. The van der Waals surface area contributed by atoms with Gasteiger partial charge in [-0.25, -0.2) is 4.79 Å². The number of aliphatic hydroxyl groups excluding tert-OH is 1. The zero-order valence-electron chi connectivity index (χ0n) is 12.0. The van der Waals surface area contributed by atoms with Gasteiger partial charge in [0.1, 0.15) is 11.8 Å². The molecule has 1 aliphatic heterocycles. The summed E-state index contributed by atoms with van der Waals surface area (Å²) in [7, 11) is 1.75. The van der Waals surface area contributed by atoms with Crippen LogP contribution in [0.15, 0.2) is 15.8 Å². The molecule has 2 rings (SSSR count). The number of aromatic amines is 1. The van der Waals surface area contributed by atoms with Gasteiger partial charge in [-0.15, -0.1) is 0 Å². The monoisotopic (exact) mass is 293 g/mol. The molecule has 1 fully saturated rings. The number of hydrogen-bond acceptors (Lipinski definition) is 5. The number of nitrogens with one attached hydrogen (secondary N) is 2. The highest BCUT2D eigenvalue weighted by molar-refractivity contribution is 5.30. The Bertz CT molecular complexity index is 667. The number of hydrogen-bond donors (Lipinski definition) is 3. The number of rotatable bonds is 3. The highest BCUT2D eigenvalue weighted by Gasteiger charge is 2.33. The Hall–Kier alpha value is -1.88. The fourth-order valence-electron chi connectivity index (χ4n) is 2.28. The molecular weight excluding hydrogens is 274 g/mol. The van der Waals surface area contributed by atoms with Crippen molar-refractivity contribution in [2.24, 2.45) is 5.92 Å². The first-order valence-electron chi connectivity index (χ1n) is 6.82. The standard InChI is InChI=1S/C14H19N3O4/c1-9-6-12(21-11(9)8-18)17-7-10(4-3-5-15-2)13(19)16-14(17)20/h7,9,11-12,15,18H,5-6,8H2,1-2H3,(H,16,19,20)/t9?,11-,12-/m1/s1. The van der Waals surface area contributed by atoms with Crippen molar-refractivity contribution in [2.45, 2.75) is 25.7 Å². The van der Waals surface area contributed by atoms with Gasteiger partial charge in [-0.3, -0.25) is 14.3 Å². The molecule has 0 spiro atoms. The van der Waals surface area contributed by atoms with E-state index in [-0.39, 0.29) is 24.2 Å². The van der Waals surface area contributed by atoms with Crippen molar-refractivity contribution in [1.29, 1.82) is 0 Å². The van der Waals surface area contributed by atoms with E-state index in [0.717, 1.165) is 0 Å². The maximum atomic E-state index is 11.9. The van der Waals surface area contributed by atoms with E-state index >= 15 is 0 Å². The second-order valence-corrected chi connectivity index (χ2v) is 5.07. The molecule has 1 saturated heterocycles. The third-order valence-electron chi connectivity index (χ3n) is 3.49. The van der Waals surface area contributed by atoms with Crippen LogP contribution >= 0.6 is 0 Å². The van der Waals surface area contributed by atoms with Crippen LogP contribution in [0.2, 0.25) is 0 Å². The molecular formula is C14H19N3O4. The van der Waals surface area contributed by atoms with Gasteiger partial charge in [-0.1, -0.05) is 18.8 Å². The van der Waals surface area contributed by atoms with Crippen molar-refractivity contribution >= 4 is 0 Å². The zero-order chi connectivity index (χ0) is 15.4. The summed E-state index contributed by atoms with van der Waals surface area (Å²) >= 11 is 0. The molecule has 0 radical (unpaired) electrons. The molecule has 2 heterocycles. The Balaban J connectivity index is 2.33. The normalized spacial score (nSPS) is 24.6. The summed E-state index contributed by atoms with van der Waals surface area (Å²) in [4.78, 5) is 25.9. The van der Waals surface area contributed by atoms with Gasteiger partial charge >= 0.3 is 5.69 Å². The molecule has 0 amide bonds. The average molecular weight is 293 g/mol. The van der Waals surface area contributed by atoms with Crippen LogP contribution in [-0.2, 0) is 4.74 Å². The largest absolute Gasteiger partial charge is 0.394 e. The molecule has 114 valence electrons. The molecule has 0 aliphatic carbocycles. The Kier molecular flexibility index (Phi) is 4.96. The van der Waals surface area contributed by atoms with Crippen molar-refractivity contribution in [1.82, 2.24) is 14.9 Å². The molecule has 0 aromatic carbocycles. The van der Waals surface area contributed by atoms with Gasteiger partial charge in [0.2, 0.25) is 0 Å². The third-order valence-corrected chi connectivity index (χ3v) is 3.49. The summed E-state index contributed by atoms with van der Waals surface area (Å²) < 4.78 is 6.97. The second kappa shape index (κ2) is 6.72. The topological polar surface area (TPSA) is 96.3 Å². The maximum absolute atomic E-state index is 11.9. The van der Waals surface area contributed by atoms with Crippen molar-refractivity contribution < 1.29 is 9.84 Å². The average Bonchev–Trinajstić information content (AvgIpc) is 2.82. The number of aromatic nitrogens is 2. The summed E-state index contributed by atoms with van der Waals surface area (Å²) in [6, 6.07) is 0. The quantitative estimate of drug-likeness (QED) is 0.623. The lowest BCUT2D eigenvalue weighted by atomic mass is 10.0. The van der Waals surface area contributed by atoms with E-state index in [2.05, 4.69) is 22.1 Å². The fourth-order valence-corrected chi connectivity index (χ4v) is 2.28. The highest BCUT2D eigenvalue weighted by atomic mass is 16.5. The van der Waals surface area contributed by atoms with Gasteiger partial charge in [0.05, 0.1) is 19.3 Å². The van der Waals surface area contributed by atoms with Gasteiger partial charge in [0.25, 0.3) is 5.56 Å². The van der Waals surface area contributed by atoms with Crippen molar-refractivity contribution in [3.63, 3.8) is 0 Å². The first-order valence-corrected chi connectivity index (χ1v) is 6.82. The van der Waals surface area contributed by atoms with Crippen LogP contribution in [0.1, 0.15) is 25.1 Å². The fraction of sp³-hybridized carbons (Fsp3) is 0.571. The van der Waals surface area contributed by atoms with Crippen LogP contribution in [0.4, 0.5) is 0 Å². The van der Waals surface area contributed by atoms with Crippen LogP contribution in [0.5, 0.6) is 0 Å². The van der Waals surface area contributed by atoms with E-state index in [1.165, 1.54) is 10.8 Å². The van der Waals surface area contributed by atoms with Gasteiger partial charge in [0.15, 0.2) is 0 Å². The Morgan fingerprint density at radius 3 is 2.95 bits per heavy atom. The molecule has 21 heavy (non-hydrogen) atoms. The van der Waals surface area contributed by atoms with Gasteiger partial charge in [-0.2, -0.15) is 0 Å². The van der Waals surface area contributed by atoms with Crippen molar-refractivity contribution in [3.05, 3.63) is 32.6 Å². The SMILES string of the molecule is CNCC#Cc1cn([C@H]2CC(C)[C@@H](CO)O2)c(=O)[nH]c1=O. The first kappa shape index (κ1) is 15.5. The minimum absolute atomic E-state index is 0.0927. The first-order chi connectivity index (χ1) is 10.1. The van der Waals surface area contributed by atoms with E-state index < -0.39 is 17.5 Å². The smallest absolute Gasteiger partial charge is 0.330 e. The van der Waals surface area contributed by atoms with Crippen LogP contribution < -0.4 is 16.6 Å².